The van der Waals surface area contributed by atoms with Gasteiger partial charge in [0.1, 0.15) is 0 Å². The molecule has 5 rings (SSSR count). The number of piperidine rings is 1. The highest BCUT2D eigenvalue weighted by Gasteiger charge is 2.29. The summed E-state index contributed by atoms with van der Waals surface area (Å²) >= 11 is 3.48. The van der Waals surface area contributed by atoms with E-state index in [0.717, 1.165) is 40.5 Å². The smallest absolute Gasteiger partial charge is 0.241 e. The second-order valence-electron chi connectivity index (χ2n) is 8.86. The number of halogens is 1. The van der Waals surface area contributed by atoms with Crippen molar-refractivity contribution in [1.82, 2.24) is 20.4 Å². The zero-order chi connectivity index (χ0) is 24.0. The highest BCUT2D eigenvalue weighted by atomic mass is 79.9. The molecule has 1 aromatic heterocycles. The summed E-state index contributed by atoms with van der Waals surface area (Å²) in [5.74, 6) is 1.12. The molecule has 7 heteroatoms. The van der Waals surface area contributed by atoms with Gasteiger partial charge in [-0.05, 0) is 42.6 Å². The summed E-state index contributed by atoms with van der Waals surface area (Å²) in [7, 11) is 0. The number of carbonyl (C=O) groups excluding carboxylic acids is 1. The van der Waals surface area contributed by atoms with Crippen molar-refractivity contribution < 1.29 is 9.32 Å². The lowest BCUT2D eigenvalue weighted by atomic mass is 9.94. The third-order valence-electron chi connectivity index (χ3n) is 6.34. The van der Waals surface area contributed by atoms with Crippen LogP contribution in [0.3, 0.4) is 0 Å². The van der Waals surface area contributed by atoms with Crippen LogP contribution in [0, 0.1) is 5.92 Å². The van der Waals surface area contributed by atoms with Gasteiger partial charge in [-0.2, -0.15) is 4.98 Å². The number of carbonyl (C=O) groups is 1. The normalized spacial score (nSPS) is 16.3. The Morgan fingerprint density at radius 3 is 2.43 bits per heavy atom. The van der Waals surface area contributed by atoms with Gasteiger partial charge in [-0.1, -0.05) is 93.9 Å². The summed E-state index contributed by atoms with van der Waals surface area (Å²) in [6.45, 7) is 2.10. The average molecular weight is 531 g/mol. The molecule has 1 unspecified atom stereocenters. The van der Waals surface area contributed by atoms with Crippen LogP contribution in [-0.4, -0.2) is 34.0 Å². The molecule has 0 spiro atoms. The fourth-order valence-corrected chi connectivity index (χ4v) is 4.98. The molecule has 0 aliphatic carbocycles. The van der Waals surface area contributed by atoms with Crippen molar-refractivity contribution in [2.24, 2.45) is 5.92 Å². The number of nitrogens with one attached hydrogen (secondary N) is 1. The lowest BCUT2D eigenvalue weighted by molar-refractivity contribution is -0.127. The van der Waals surface area contributed by atoms with Crippen LogP contribution < -0.4 is 5.32 Å². The second kappa shape index (κ2) is 11.0. The minimum absolute atomic E-state index is 0.0766. The zero-order valence-electron chi connectivity index (χ0n) is 19.3. The molecule has 4 aromatic rings. The van der Waals surface area contributed by atoms with Crippen LogP contribution in [0.25, 0.3) is 11.4 Å². The number of benzene rings is 3. The molecular weight excluding hydrogens is 504 g/mol. The molecule has 1 fully saturated rings. The average Bonchev–Trinajstić information content (AvgIpc) is 3.37. The van der Waals surface area contributed by atoms with Crippen LogP contribution in [0.1, 0.15) is 35.9 Å². The Bertz CT molecular complexity index is 1220. The van der Waals surface area contributed by atoms with Crippen molar-refractivity contribution in [2.45, 2.75) is 25.4 Å². The first-order chi connectivity index (χ1) is 17.2. The van der Waals surface area contributed by atoms with Gasteiger partial charge < -0.3 is 9.84 Å². The fourth-order valence-electron chi connectivity index (χ4n) is 4.58. The molecular formula is C28H27BrN4O2. The number of rotatable bonds is 7. The van der Waals surface area contributed by atoms with E-state index in [-0.39, 0.29) is 17.9 Å². The molecule has 35 heavy (non-hydrogen) atoms. The van der Waals surface area contributed by atoms with Crippen LogP contribution >= 0.6 is 15.9 Å². The van der Waals surface area contributed by atoms with Gasteiger partial charge in [0.15, 0.2) is 0 Å². The molecule has 1 aliphatic rings. The molecule has 1 N–H and O–H groups in total. The topological polar surface area (TPSA) is 71.3 Å². The number of aromatic nitrogens is 2. The van der Waals surface area contributed by atoms with Crippen molar-refractivity contribution in [1.29, 1.82) is 0 Å². The summed E-state index contributed by atoms with van der Waals surface area (Å²) in [6.07, 6.45) is 1.82. The van der Waals surface area contributed by atoms with Gasteiger partial charge in [0.2, 0.25) is 17.6 Å². The first kappa shape index (κ1) is 23.5. The monoisotopic (exact) mass is 530 g/mol. The predicted octanol–water partition coefficient (Wildman–Crippen LogP) is 5.62. The molecule has 178 valence electrons. The Balaban J connectivity index is 1.25. The standard InChI is InChI=1S/C28H27BrN4O2/c29-24-15-7-13-22(17-24)27-30-25(35-32-27)19-33-16-8-14-23(18-33)28(34)31-26(20-9-3-1-4-10-20)21-11-5-2-6-12-21/h1-7,9-13,15,17,23,26H,8,14,16,18-19H2,(H,31,34). The molecule has 1 aliphatic heterocycles. The zero-order valence-corrected chi connectivity index (χ0v) is 20.9. The van der Waals surface area contributed by atoms with E-state index in [0.29, 0.717) is 24.8 Å². The molecule has 1 atom stereocenters. The van der Waals surface area contributed by atoms with Gasteiger partial charge in [0.25, 0.3) is 0 Å². The quantitative estimate of drug-likeness (QED) is 0.336. The van der Waals surface area contributed by atoms with Crippen LogP contribution in [-0.2, 0) is 11.3 Å². The van der Waals surface area contributed by atoms with Crippen LogP contribution in [0.15, 0.2) is 93.9 Å². The number of hydrogen-bond acceptors (Lipinski definition) is 5. The van der Waals surface area contributed by atoms with Gasteiger partial charge in [-0.15, -0.1) is 0 Å². The van der Waals surface area contributed by atoms with E-state index < -0.39 is 0 Å². The Labute approximate surface area is 213 Å². The van der Waals surface area contributed by atoms with Gasteiger partial charge >= 0.3 is 0 Å². The maximum Gasteiger partial charge on any atom is 0.241 e. The van der Waals surface area contributed by atoms with Gasteiger partial charge in [0.05, 0.1) is 18.5 Å². The van der Waals surface area contributed by atoms with Crippen molar-refractivity contribution in [2.75, 3.05) is 13.1 Å². The van der Waals surface area contributed by atoms with Crippen LogP contribution in [0.4, 0.5) is 0 Å². The Morgan fingerprint density at radius 1 is 1.03 bits per heavy atom. The van der Waals surface area contributed by atoms with E-state index in [2.05, 4.69) is 60.6 Å². The van der Waals surface area contributed by atoms with E-state index in [1.165, 1.54) is 0 Å². The molecule has 3 aromatic carbocycles. The summed E-state index contributed by atoms with van der Waals surface area (Å²) in [6, 6.07) is 27.9. The minimum Gasteiger partial charge on any atom is -0.345 e. The van der Waals surface area contributed by atoms with Crippen molar-refractivity contribution in [3.05, 3.63) is 106 Å². The number of likely N-dealkylation sites (tertiary alicyclic amines) is 1. The lowest BCUT2D eigenvalue weighted by Gasteiger charge is -2.32. The Morgan fingerprint density at radius 2 is 1.74 bits per heavy atom. The van der Waals surface area contributed by atoms with Gasteiger partial charge in [0, 0.05) is 16.6 Å². The van der Waals surface area contributed by atoms with Gasteiger partial charge in [-0.3, -0.25) is 9.69 Å². The lowest BCUT2D eigenvalue weighted by Crippen LogP contribution is -2.43. The van der Waals surface area contributed by atoms with Crippen molar-refractivity contribution in [3.8, 4) is 11.4 Å². The molecule has 1 amide bonds. The van der Waals surface area contributed by atoms with Gasteiger partial charge in [-0.25, -0.2) is 0 Å². The number of amides is 1. The van der Waals surface area contributed by atoms with E-state index in [9.17, 15) is 4.79 Å². The fraction of sp³-hybridized carbons (Fsp3) is 0.250. The van der Waals surface area contributed by atoms with E-state index in [4.69, 9.17) is 4.52 Å². The van der Waals surface area contributed by atoms with E-state index in [1.807, 2.05) is 60.7 Å². The molecule has 0 bridgehead atoms. The third-order valence-corrected chi connectivity index (χ3v) is 6.83. The Hall–Kier alpha value is -3.29. The first-order valence-electron chi connectivity index (χ1n) is 11.9. The SMILES string of the molecule is O=C(NC(c1ccccc1)c1ccccc1)C1CCCN(Cc2nc(-c3cccc(Br)c3)no2)C1. The van der Waals surface area contributed by atoms with Crippen LogP contribution in [0.2, 0.25) is 0 Å². The number of nitrogens with zero attached hydrogens (tertiary/aromatic N) is 3. The second-order valence-corrected chi connectivity index (χ2v) is 9.77. The minimum atomic E-state index is -0.177. The number of hydrogen-bond donors (Lipinski definition) is 1. The summed E-state index contributed by atoms with van der Waals surface area (Å²) in [4.78, 5) is 20.2. The molecule has 6 nitrogen and oxygen atoms in total. The summed E-state index contributed by atoms with van der Waals surface area (Å²) in [5, 5.41) is 7.45. The van der Waals surface area contributed by atoms with E-state index in [1.54, 1.807) is 0 Å². The maximum absolute atomic E-state index is 13.4. The van der Waals surface area contributed by atoms with E-state index >= 15 is 0 Å². The largest absolute Gasteiger partial charge is 0.345 e. The Kier molecular flexibility index (Phi) is 7.35. The molecule has 1 saturated heterocycles. The third kappa shape index (κ3) is 5.86. The highest BCUT2D eigenvalue weighted by Crippen LogP contribution is 2.25. The summed E-state index contributed by atoms with van der Waals surface area (Å²) < 4.78 is 6.49. The summed E-state index contributed by atoms with van der Waals surface area (Å²) in [5.41, 5.74) is 3.05. The molecule has 0 saturated carbocycles. The first-order valence-corrected chi connectivity index (χ1v) is 12.7. The maximum atomic E-state index is 13.4. The highest BCUT2D eigenvalue weighted by molar-refractivity contribution is 9.10. The van der Waals surface area contributed by atoms with Crippen LogP contribution in [0.5, 0.6) is 0 Å². The molecule has 2 heterocycles. The van der Waals surface area contributed by atoms with Crippen molar-refractivity contribution >= 4 is 21.8 Å². The predicted molar refractivity (Wildman–Crippen MR) is 138 cm³/mol. The van der Waals surface area contributed by atoms with Crippen molar-refractivity contribution in [3.63, 3.8) is 0 Å². The molecule has 0 radical (unpaired) electrons.